The van der Waals surface area contributed by atoms with Crippen molar-refractivity contribution in [1.82, 2.24) is 19.9 Å². The summed E-state index contributed by atoms with van der Waals surface area (Å²) in [6.45, 7) is 2.00. The maximum absolute atomic E-state index is 12.6. The van der Waals surface area contributed by atoms with Gasteiger partial charge in [0, 0.05) is 37.5 Å². The van der Waals surface area contributed by atoms with Gasteiger partial charge in [0.15, 0.2) is 0 Å². The highest BCUT2D eigenvalue weighted by atomic mass is 35.5. The van der Waals surface area contributed by atoms with Crippen molar-refractivity contribution in [3.8, 4) is 0 Å². The van der Waals surface area contributed by atoms with Crippen LogP contribution in [0.5, 0.6) is 0 Å². The van der Waals surface area contributed by atoms with Crippen molar-refractivity contribution < 1.29 is 9.72 Å². The van der Waals surface area contributed by atoms with Gasteiger partial charge in [-0.2, -0.15) is 0 Å². The van der Waals surface area contributed by atoms with Crippen molar-refractivity contribution in [2.24, 2.45) is 5.92 Å². The monoisotopic (exact) mass is 349 g/mol. The predicted molar refractivity (Wildman–Crippen MR) is 86.8 cm³/mol. The molecule has 9 heteroatoms. The largest absolute Gasteiger partial charge is 0.338 e. The molecule has 3 rings (SSSR count). The number of hydrogen-bond acceptors (Lipinski definition) is 5. The molecule has 1 fully saturated rings. The number of halogens is 1. The summed E-state index contributed by atoms with van der Waals surface area (Å²) in [4.78, 5) is 24.7. The molecule has 0 saturated carbocycles. The number of amides is 1. The van der Waals surface area contributed by atoms with Crippen LogP contribution in [-0.4, -0.2) is 43.8 Å². The SMILES string of the molecule is O=C(c1ccc([N+](=O)[O-])c(Cl)c1)N1CCCC(Cn2ccnn2)C1. The Morgan fingerprint density at radius 1 is 1.46 bits per heavy atom. The van der Waals surface area contributed by atoms with E-state index < -0.39 is 4.92 Å². The molecule has 1 atom stereocenters. The van der Waals surface area contributed by atoms with Crippen LogP contribution in [0.4, 0.5) is 5.69 Å². The highest BCUT2D eigenvalue weighted by Gasteiger charge is 2.26. The number of aromatic nitrogens is 3. The molecule has 1 aliphatic rings. The van der Waals surface area contributed by atoms with E-state index in [1.807, 2.05) is 0 Å². The number of nitro groups is 1. The molecule has 2 heterocycles. The normalized spacial score (nSPS) is 17.7. The highest BCUT2D eigenvalue weighted by Crippen LogP contribution is 2.26. The molecule has 8 nitrogen and oxygen atoms in total. The van der Waals surface area contributed by atoms with E-state index in [1.54, 1.807) is 22.0 Å². The molecule has 1 unspecified atom stereocenters. The zero-order valence-corrected chi connectivity index (χ0v) is 13.6. The number of carbonyl (C=O) groups is 1. The number of hydrogen-bond donors (Lipinski definition) is 0. The number of carbonyl (C=O) groups excluding carboxylic acids is 1. The third-order valence-corrected chi connectivity index (χ3v) is 4.42. The van der Waals surface area contributed by atoms with E-state index >= 15 is 0 Å². The van der Waals surface area contributed by atoms with Gasteiger partial charge in [-0.15, -0.1) is 5.10 Å². The van der Waals surface area contributed by atoms with Crippen molar-refractivity contribution in [2.45, 2.75) is 19.4 Å². The summed E-state index contributed by atoms with van der Waals surface area (Å²) in [5.41, 5.74) is 0.169. The second-order valence-electron chi connectivity index (χ2n) is 5.81. The summed E-state index contributed by atoms with van der Waals surface area (Å²) in [5, 5.41) is 18.5. The summed E-state index contributed by atoms with van der Waals surface area (Å²) < 4.78 is 1.77. The van der Waals surface area contributed by atoms with E-state index in [9.17, 15) is 14.9 Å². The fraction of sp³-hybridized carbons (Fsp3) is 0.400. The maximum Gasteiger partial charge on any atom is 0.287 e. The van der Waals surface area contributed by atoms with Gasteiger partial charge in [-0.3, -0.25) is 19.6 Å². The lowest BCUT2D eigenvalue weighted by Crippen LogP contribution is -2.41. The zero-order valence-electron chi connectivity index (χ0n) is 12.8. The molecular weight excluding hydrogens is 334 g/mol. The van der Waals surface area contributed by atoms with Gasteiger partial charge in [-0.1, -0.05) is 16.8 Å². The Morgan fingerprint density at radius 3 is 2.96 bits per heavy atom. The van der Waals surface area contributed by atoms with E-state index in [2.05, 4.69) is 10.3 Å². The molecule has 2 aromatic rings. The second kappa shape index (κ2) is 6.96. The fourth-order valence-electron chi connectivity index (χ4n) is 2.96. The second-order valence-corrected chi connectivity index (χ2v) is 6.22. The van der Waals surface area contributed by atoms with Crippen LogP contribution < -0.4 is 0 Å². The molecule has 1 aromatic carbocycles. The average Bonchev–Trinajstić information content (AvgIpc) is 3.07. The molecule has 0 radical (unpaired) electrons. The van der Waals surface area contributed by atoms with Crippen LogP contribution in [0.3, 0.4) is 0 Å². The number of piperidine rings is 1. The molecule has 1 aromatic heterocycles. The number of nitrogens with zero attached hydrogens (tertiary/aromatic N) is 5. The quantitative estimate of drug-likeness (QED) is 0.624. The Kier molecular flexibility index (Phi) is 4.75. The first-order valence-electron chi connectivity index (χ1n) is 7.62. The van der Waals surface area contributed by atoms with Crippen LogP contribution >= 0.6 is 11.6 Å². The predicted octanol–water partition coefficient (Wildman–Crippen LogP) is 2.39. The van der Waals surface area contributed by atoms with Crippen molar-refractivity contribution in [2.75, 3.05) is 13.1 Å². The van der Waals surface area contributed by atoms with Crippen LogP contribution in [0.25, 0.3) is 0 Å². The Bertz CT molecular complexity index is 750. The minimum Gasteiger partial charge on any atom is -0.338 e. The van der Waals surface area contributed by atoms with Crippen molar-refractivity contribution in [3.05, 3.63) is 51.3 Å². The average molecular weight is 350 g/mol. The van der Waals surface area contributed by atoms with Gasteiger partial charge in [0.1, 0.15) is 5.02 Å². The summed E-state index contributed by atoms with van der Waals surface area (Å²) in [5.74, 6) is 0.146. The molecule has 0 bridgehead atoms. The summed E-state index contributed by atoms with van der Waals surface area (Å²) >= 11 is 5.90. The van der Waals surface area contributed by atoms with Gasteiger partial charge in [0.05, 0.1) is 11.1 Å². The van der Waals surface area contributed by atoms with Crippen molar-refractivity contribution in [3.63, 3.8) is 0 Å². The number of rotatable bonds is 4. The van der Waals surface area contributed by atoms with Gasteiger partial charge in [0.2, 0.25) is 0 Å². The molecule has 0 N–H and O–H groups in total. The van der Waals surface area contributed by atoms with E-state index in [0.29, 0.717) is 31.1 Å². The number of nitro benzene ring substituents is 1. The van der Waals surface area contributed by atoms with Gasteiger partial charge in [-0.25, -0.2) is 0 Å². The molecule has 1 aliphatic heterocycles. The Labute approximate surface area is 143 Å². The van der Waals surface area contributed by atoms with Gasteiger partial charge < -0.3 is 4.90 Å². The van der Waals surface area contributed by atoms with Crippen LogP contribution in [0.15, 0.2) is 30.6 Å². The molecule has 126 valence electrons. The number of benzene rings is 1. The van der Waals surface area contributed by atoms with Crippen LogP contribution in [0.1, 0.15) is 23.2 Å². The van der Waals surface area contributed by atoms with Crippen LogP contribution in [-0.2, 0) is 6.54 Å². The van der Waals surface area contributed by atoms with Gasteiger partial charge >= 0.3 is 0 Å². The smallest absolute Gasteiger partial charge is 0.287 e. The summed E-state index contributed by atoms with van der Waals surface area (Å²) in [6.07, 6.45) is 5.36. The highest BCUT2D eigenvalue weighted by molar-refractivity contribution is 6.33. The fourth-order valence-corrected chi connectivity index (χ4v) is 3.21. The third-order valence-electron chi connectivity index (χ3n) is 4.11. The van der Waals surface area contributed by atoms with Crippen LogP contribution in [0.2, 0.25) is 5.02 Å². The lowest BCUT2D eigenvalue weighted by Gasteiger charge is -2.32. The Hall–Kier alpha value is -2.48. The van der Waals surface area contributed by atoms with Crippen molar-refractivity contribution in [1.29, 1.82) is 0 Å². The molecule has 24 heavy (non-hydrogen) atoms. The molecular formula is C15H16ClN5O3. The van der Waals surface area contributed by atoms with Crippen molar-refractivity contribution >= 4 is 23.2 Å². The Morgan fingerprint density at radius 2 is 2.29 bits per heavy atom. The molecule has 0 aliphatic carbocycles. The topological polar surface area (TPSA) is 94.2 Å². The first-order valence-corrected chi connectivity index (χ1v) is 7.99. The molecule has 1 amide bonds. The Balaban J connectivity index is 1.70. The first kappa shape index (κ1) is 16.4. The van der Waals surface area contributed by atoms with Gasteiger partial charge in [-0.05, 0) is 30.9 Å². The van der Waals surface area contributed by atoms with Gasteiger partial charge in [0.25, 0.3) is 11.6 Å². The lowest BCUT2D eigenvalue weighted by atomic mass is 9.97. The minimum absolute atomic E-state index is 0.0259. The standard InChI is InChI=1S/C15H16ClN5O3/c16-13-8-12(3-4-14(13)21(23)24)15(22)19-6-1-2-11(9-19)10-20-7-5-17-18-20/h3-5,7-8,11H,1-2,6,9-10H2. The van der Waals surface area contributed by atoms with E-state index in [1.165, 1.54) is 18.2 Å². The van der Waals surface area contributed by atoms with Crippen LogP contribution in [0, 0.1) is 16.0 Å². The maximum atomic E-state index is 12.6. The first-order chi connectivity index (χ1) is 11.5. The zero-order chi connectivity index (χ0) is 17.1. The summed E-state index contributed by atoms with van der Waals surface area (Å²) in [7, 11) is 0. The van der Waals surface area contributed by atoms with E-state index in [-0.39, 0.29) is 16.6 Å². The molecule has 1 saturated heterocycles. The molecule has 0 spiro atoms. The number of likely N-dealkylation sites (tertiary alicyclic amines) is 1. The van der Waals surface area contributed by atoms with E-state index in [0.717, 1.165) is 12.8 Å². The minimum atomic E-state index is -0.564. The lowest BCUT2D eigenvalue weighted by molar-refractivity contribution is -0.384. The summed E-state index contributed by atoms with van der Waals surface area (Å²) in [6, 6.07) is 4.09. The van der Waals surface area contributed by atoms with E-state index in [4.69, 9.17) is 11.6 Å². The third kappa shape index (κ3) is 3.53.